The lowest BCUT2D eigenvalue weighted by atomic mass is 9.98. The van der Waals surface area contributed by atoms with Gasteiger partial charge < -0.3 is 10.0 Å². The maximum atomic E-state index is 11.0. The molecule has 2 aromatic rings. The number of carbonyl (C=O) groups is 1. The molecule has 1 N–H and O–H groups in total. The number of fused-ring (bicyclic) bond motifs is 1. The van der Waals surface area contributed by atoms with Gasteiger partial charge in [0.1, 0.15) is 0 Å². The first-order chi connectivity index (χ1) is 10.1. The van der Waals surface area contributed by atoms with Gasteiger partial charge in [0.05, 0.1) is 6.42 Å². The van der Waals surface area contributed by atoms with Gasteiger partial charge in [-0.3, -0.25) is 4.79 Å². The van der Waals surface area contributed by atoms with Crippen LogP contribution in [0.3, 0.4) is 0 Å². The molecule has 0 saturated heterocycles. The highest BCUT2D eigenvalue weighted by Crippen LogP contribution is 2.38. The van der Waals surface area contributed by atoms with E-state index in [4.69, 9.17) is 5.11 Å². The van der Waals surface area contributed by atoms with Crippen molar-refractivity contribution in [2.24, 2.45) is 0 Å². The van der Waals surface area contributed by atoms with Crippen LogP contribution in [0.4, 0.5) is 5.69 Å². The molecule has 1 aliphatic heterocycles. The van der Waals surface area contributed by atoms with E-state index in [0.29, 0.717) is 0 Å². The van der Waals surface area contributed by atoms with Gasteiger partial charge in [0.25, 0.3) is 0 Å². The summed E-state index contributed by atoms with van der Waals surface area (Å²) in [5, 5.41) is 9.08. The zero-order valence-electron chi connectivity index (χ0n) is 11.5. The van der Waals surface area contributed by atoms with Crippen molar-refractivity contribution in [2.75, 3.05) is 11.4 Å². The van der Waals surface area contributed by atoms with E-state index in [0.717, 1.165) is 28.8 Å². The van der Waals surface area contributed by atoms with Gasteiger partial charge in [0, 0.05) is 29.2 Å². The van der Waals surface area contributed by atoms with Gasteiger partial charge in [0.2, 0.25) is 0 Å². The van der Waals surface area contributed by atoms with Gasteiger partial charge >= 0.3 is 5.97 Å². The fraction of sp³-hybridized carbons (Fsp3) is 0.235. The molecule has 3 nitrogen and oxygen atoms in total. The van der Waals surface area contributed by atoms with Gasteiger partial charge in [0.15, 0.2) is 0 Å². The number of carboxylic acid groups (broad SMARTS) is 1. The number of aliphatic carboxylic acids is 1. The minimum atomic E-state index is -0.736. The summed E-state index contributed by atoms with van der Waals surface area (Å²) in [6.07, 6.45) is 0.188. The lowest BCUT2D eigenvalue weighted by molar-refractivity contribution is -0.137. The summed E-state index contributed by atoms with van der Waals surface area (Å²) in [4.78, 5) is 13.3. The molecule has 0 radical (unpaired) electrons. The number of rotatable bonds is 4. The summed E-state index contributed by atoms with van der Waals surface area (Å²) in [6.45, 7) is 1.57. The predicted octanol–water partition coefficient (Wildman–Crippen LogP) is 4.03. The first-order valence-corrected chi connectivity index (χ1v) is 7.73. The van der Waals surface area contributed by atoms with Gasteiger partial charge in [-0.2, -0.15) is 0 Å². The lowest BCUT2D eigenvalue weighted by Gasteiger charge is -2.20. The average molecular weight is 346 g/mol. The van der Waals surface area contributed by atoms with Gasteiger partial charge in [-0.15, -0.1) is 0 Å². The van der Waals surface area contributed by atoms with E-state index in [-0.39, 0.29) is 12.3 Å². The lowest BCUT2D eigenvalue weighted by Crippen LogP contribution is -2.22. The van der Waals surface area contributed by atoms with Crippen LogP contribution in [-0.4, -0.2) is 17.6 Å². The Morgan fingerprint density at radius 3 is 2.62 bits per heavy atom. The third kappa shape index (κ3) is 3.10. The molecular weight excluding hydrogens is 330 g/mol. The van der Waals surface area contributed by atoms with Crippen LogP contribution in [0.15, 0.2) is 53.0 Å². The third-order valence-electron chi connectivity index (χ3n) is 3.87. The molecule has 108 valence electrons. The topological polar surface area (TPSA) is 40.5 Å². The minimum Gasteiger partial charge on any atom is -0.481 e. The quantitative estimate of drug-likeness (QED) is 0.909. The zero-order chi connectivity index (χ0) is 14.8. The van der Waals surface area contributed by atoms with E-state index in [2.05, 4.69) is 39.0 Å². The molecule has 2 aromatic carbocycles. The van der Waals surface area contributed by atoms with Crippen LogP contribution in [0.1, 0.15) is 23.5 Å². The first-order valence-electron chi connectivity index (χ1n) is 6.93. The van der Waals surface area contributed by atoms with Crippen molar-refractivity contribution >= 4 is 27.6 Å². The van der Waals surface area contributed by atoms with Crippen molar-refractivity contribution < 1.29 is 9.90 Å². The summed E-state index contributed by atoms with van der Waals surface area (Å²) >= 11 is 3.44. The van der Waals surface area contributed by atoms with Crippen LogP contribution in [0.5, 0.6) is 0 Å². The summed E-state index contributed by atoms with van der Waals surface area (Å²) in [7, 11) is 0. The SMILES string of the molecule is O=C(O)CC1CN(Cc2ccc(Br)cc2)c2ccccc21. The highest BCUT2D eigenvalue weighted by atomic mass is 79.9. The van der Waals surface area contributed by atoms with E-state index in [1.165, 1.54) is 5.56 Å². The fourth-order valence-electron chi connectivity index (χ4n) is 2.93. The molecule has 0 bridgehead atoms. The molecule has 0 amide bonds. The number of anilines is 1. The van der Waals surface area contributed by atoms with Crippen molar-refractivity contribution in [3.8, 4) is 0 Å². The van der Waals surface area contributed by atoms with Crippen LogP contribution < -0.4 is 4.90 Å². The smallest absolute Gasteiger partial charge is 0.304 e. The van der Waals surface area contributed by atoms with Crippen molar-refractivity contribution in [1.82, 2.24) is 0 Å². The highest BCUT2D eigenvalue weighted by Gasteiger charge is 2.29. The summed E-state index contributed by atoms with van der Waals surface area (Å²) < 4.78 is 1.07. The number of nitrogens with zero attached hydrogens (tertiary/aromatic N) is 1. The van der Waals surface area contributed by atoms with Crippen LogP contribution in [-0.2, 0) is 11.3 Å². The number of benzene rings is 2. The Hall–Kier alpha value is -1.81. The maximum absolute atomic E-state index is 11.0. The Kier molecular flexibility index (Phi) is 3.97. The second-order valence-corrected chi connectivity index (χ2v) is 6.28. The van der Waals surface area contributed by atoms with E-state index in [9.17, 15) is 4.79 Å². The molecule has 1 heterocycles. The Morgan fingerprint density at radius 2 is 1.90 bits per heavy atom. The average Bonchev–Trinajstić information content (AvgIpc) is 2.79. The van der Waals surface area contributed by atoms with Gasteiger partial charge in [-0.1, -0.05) is 46.3 Å². The molecule has 21 heavy (non-hydrogen) atoms. The number of hydrogen-bond donors (Lipinski definition) is 1. The van der Waals surface area contributed by atoms with Crippen molar-refractivity contribution in [2.45, 2.75) is 18.9 Å². The van der Waals surface area contributed by atoms with Crippen LogP contribution in [0.2, 0.25) is 0 Å². The fourth-order valence-corrected chi connectivity index (χ4v) is 3.19. The van der Waals surface area contributed by atoms with Crippen LogP contribution >= 0.6 is 15.9 Å². The molecule has 1 atom stereocenters. The van der Waals surface area contributed by atoms with E-state index < -0.39 is 5.97 Å². The third-order valence-corrected chi connectivity index (χ3v) is 4.39. The number of hydrogen-bond acceptors (Lipinski definition) is 2. The Morgan fingerprint density at radius 1 is 1.19 bits per heavy atom. The maximum Gasteiger partial charge on any atom is 0.304 e. The molecule has 1 unspecified atom stereocenters. The van der Waals surface area contributed by atoms with Gasteiger partial charge in [-0.25, -0.2) is 0 Å². The number of carboxylic acids is 1. The largest absolute Gasteiger partial charge is 0.481 e. The second kappa shape index (κ2) is 5.90. The minimum absolute atomic E-state index is 0.0779. The molecule has 0 aliphatic carbocycles. The monoisotopic (exact) mass is 345 g/mol. The molecule has 4 heteroatoms. The summed E-state index contributed by atoms with van der Waals surface area (Å²) in [6, 6.07) is 16.4. The Labute approximate surface area is 132 Å². The highest BCUT2D eigenvalue weighted by molar-refractivity contribution is 9.10. The first kappa shape index (κ1) is 14.1. The molecule has 0 saturated carbocycles. The van der Waals surface area contributed by atoms with Gasteiger partial charge in [-0.05, 0) is 29.3 Å². The van der Waals surface area contributed by atoms with E-state index in [1.54, 1.807) is 0 Å². The zero-order valence-corrected chi connectivity index (χ0v) is 13.1. The Bertz CT molecular complexity index is 654. The van der Waals surface area contributed by atoms with Crippen molar-refractivity contribution in [3.63, 3.8) is 0 Å². The Balaban J connectivity index is 1.83. The molecule has 0 aromatic heterocycles. The predicted molar refractivity (Wildman–Crippen MR) is 86.6 cm³/mol. The summed E-state index contributed by atoms with van der Waals surface area (Å²) in [5.74, 6) is -0.658. The molecule has 3 rings (SSSR count). The van der Waals surface area contributed by atoms with Crippen LogP contribution in [0.25, 0.3) is 0 Å². The molecular formula is C17H16BrNO2. The van der Waals surface area contributed by atoms with Crippen molar-refractivity contribution in [1.29, 1.82) is 0 Å². The van der Waals surface area contributed by atoms with E-state index >= 15 is 0 Å². The van der Waals surface area contributed by atoms with Crippen LogP contribution in [0, 0.1) is 0 Å². The number of halogens is 1. The standard InChI is InChI=1S/C17H16BrNO2/c18-14-7-5-12(6-8-14)10-19-11-13(9-17(20)21)15-3-1-2-4-16(15)19/h1-8,13H,9-11H2,(H,20,21). The molecule has 0 fully saturated rings. The van der Waals surface area contributed by atoms with E-state index in [1.807, 2.05) is 30.3 Å². The number of para-hydroxylation sites is 1. The molecule has 1 aliphatic rings. The normalized spacial score (nSPS) is 16.8. The molecule has 0 spiro atoms. The summed E-state index contributed by atoms with van der Waals surface area (Å²) in [5.41, 5.74) is 3.53. The second-order valence-electron chi connectivity index (χ2n) is 5.36. The van der Waals surface area contributed by atoms with Crippen molar-refractivity contribution in [3.05, 3.63) is 64.1 Å².